The topological polar surface area (TPSA) is 95.9 Å². The van der Waals surface area contributed by atoms with Crippen LogP contribution in [-0.2, 0) is 14.3 Å². The molecule has 82 heavy (non-hydrogen) atoms. The number of aliphatic hydroxyl groups is 2. The fourth-order valence-electron chi connectivity index (χ4n) is 12.0. The lowest BCUT2D eigenvalue weighted by molar-refractivity contribution is -0.143. The summed E-state index contributed by atoms with van der Waals surface area (Å²) in [5.41, 5.74) is 0. The van der Waals surface area contributed by atoms with Gasteiger partial charge >= 0.3 is 5.97 Å². The van der Waals surface area contributed by atoms with Gasteiger partial charge in [-0.05, 0) is 77.0 Å². The first-order chi connectivity index (χ1) is 40.5. The second kappa shape index (κ2) is 71.8. The summed E-state index contributed by atoms with van der Waals surface area (Å²) in [6, 6.07) is -0.544. The SMILES string of the molecule is CCCCCCCCC/C=C\CCCCCCCC(=O)OCCCCCCCCCCCCCC/C=C\CCCCCCCCCCCCC(=O)NC(CO)C(O)CCCCCCCCCCCCCCCCCCCCCCCCC. The maximum absolute atomic E-state index is 12.6. The number of allylic oxidation sites excluding steroid dienone is 4. The van der Waals surface area contributed by atoms with Gasteiger partial charge in [-0.1, -0.05) is 359 Å². The second-order valence-electron chi connectivity index (χ2n) is 26.0. The molecule has 2 unspecified atom stereocenters. The van der Waals surface area contributed by atoms with Crippen molar-refractivity contribution in [2.45, 2.75) is 437 Å². The monoisotopic (exact) mass is 1150 g/mol. The molecule has 0 bridgehead atoms. The molecule has 0 saturated heterocycles. The number of hydrogen-bond donors (Lipinski definition) is 3. The van der Waals surface area contributed by atoms with Gasteiger partial charge in [0.05, 0.1) is 25.4 Å². The summed E-state index contributed by atoms with van der Waals surface area (Å²) in [4.78, 5) is 24.7. The standard InChI is InChI=1S/C76H147NO5/c1-3-5-7-9-11-13-15-17-19-21-22-23-28-31-34-37-40-44-48-52-56-60-64-68-74(79)73(72-78)77-75(80)69-65-61-57-53-49-45-41-38-35-32-29-26-24-25-27-30-33-36-39-43-47-51-55-59-63-67-71-82-76(81)70-66-62-58-54-50-46-42-20-18-16-14-12-10-8-6-4-2/h20,24,26,42,73-74,78-79H,3-19,21-23,25,27-41,43-72H2,1-2H3,(H,77,80)/b26-24-,42-20-. The molecule has 0 aromatic heterocycles. The van der Waals surface area contributed by atoms with Crippen LogP contribution in [0, 0.1) is 0 Å². The van der Waals surface area contributed by atoms with E-state index in [9.17, 15) is 19.8 Å². The van der Waals surface area contributed by atoms with E-state index in [0.717, 1.165) is 44.9 Å². The van der Waals surface area contributed by atoms with E-state index in [-0.39, 0.29) is 18.5 Å². The van der Waals surface area contributed by atoms with Crippen LogP contribution in [-0.4, -0.2) is 47.4 Å². The van der Waals surface area contributed by atoms with Gasteiger partial charge in [-0.2, -0.15) is 0 Å². The second-order valence-corrected chi connectivity index (χ2v) is 26.0. The zero-order valence-corrected chi connectivity index (χ0v) is 55.8. The van der Waals surface area contributed by atoms with Crippen molar-refractivity contribution in [3.8, 4) is 0 Å². The molecule has 0 rings (SSSR count). The molecule has 6 nitrogen and oxygen atoms in total. The Kier molecular flexibility index (Phi) is 70.4. The first-order valence-electron chi connectivity index (χ1n) is 37.6. The van der Waals surface area contributed by atoms with Crippen molar-refractivity contribution >= 4 is 11.9 Å². The number of carbonyl (C=O) groups excluding carboxylic acids is 2. The normalized spacial score (nSPS) is 12.6. The summed E-state index contributed by atoms with van der Waals surface area (Å²) in [5, 5.41) is 23.5. The van der Waals surface area contributed by atoms with Crippen molar-refractivity contribution in [1.82, 2.24) is 5.32 Å². The zero-order chi connectivity index (χ0) is 59.2. The number of esters is 1. The fraction of sp³-hybridized carbons (Fsp3) is 0.921. The van der Waals surface area contributed by atoms with Crippen LogP contribution >= 0.6 is 0 Å². The largest absolute Gasteiger partial charge is 0.466 e. The van der Waals surface area contributed by atoms with Crippen LogP contribution in [0.3, 0.4) is 0 Å². The van der Waals surface area contributed by atoms with Gasteiger partial charge in [-0.15, -0.1) is 0 Å². The molecular formula is C76H147NO5. The molecule has 0 aliphatic rings. The van der Waals surface area contributed by atoms with Gasteiger partial charge in [0.25, 0.3) is 0 Å². The third-order valence-electron chi connectivity index (χ3n) is 17.7. The van der Waals surface area contributed by atoms with Crippen molar-refractivity contribution in [1.29, 1.82) is 0 Å². The molecule has 0 aromatic rings. The lowest BCUT2D eigenvalue weighted by Crippen LogP contribution is -2.45. The van der Waals surface area contributed by atoms with Crippen LogP contribution in [0.1, 0.15) is 425 Å². The molecule has 486 valence electrons. The average Bonchev–Trinajstić information content (AvgIpc) is 3.48. The minimum Gasteiger partial charge on any atom is -0.466 e. The molecule has 6 heteroatoms. The molecule has 0 aliphatic heterocycles. The van der Waals surface area contributed by atoms with Crippen LogP contribution in [0.2, 0.25) is 0 Å². The maximum atomic E-state index is 12.6. The van der Waals surface area contributed by atoms with Crippen LogP contribution in [0.25, 0.3) is 0 Å². The first-order valence-corrected chi connectivity index (χ1v) is 37.6. The quantitative estimate of drug-likeness (QED) is 0.0320. The van der Waals surface area contributed by atoms with Crippen LogP contribution in [0.15, 0.2) is 24.3 Å². The van der Waals surface area contributed by atoms with E-state index < -0.39 is 12.1 Å². The third kappa shape index (κ3) is 67.5. The molecular weight excluding hydrogens is 1010 g/mol. The van der Waals surface area contributed by atoms with E-state index in [1.54, 1.807) is 0 Å². The number of amides is 1. The maximum Gasteiger partial charge on any atom is 0.305 e. The number of nitrogens with one attached hydrogen (secondary N) is 1. The van der Waals surface area contributed by atoms with Gasteiger partial charge in [-0.3, -0.25) is 9.59 Å². The minimum absolute atomic E-state index is 0.00800. The van der Waals surface area contributed by atoms with Crippen molar-refractivity contribution in [3.05, 3.63) is 24.3 Å². The molecule has 0 fully saturated rings. The molecule has 0 spiro atoms. The number of carbonyl (C=O) groups is 2. The molecule has 2 atom stereocenters. The molecule has 3 N–H and O–H groups in total. The highest BCUT2D eigenvalue weighted by molar-refractivity contribution is 5.76. The van der Waals surface area contributed by atoms with Gasteiger partial charge in [0.2, 0.25) is 5.91 Å². The number of aliphatic hydroxyl groups excluding tert-OH is 2. The Hall–Kier alpha value is -1.66. The molecule has 1 amide bonds. The van der Waals surface area contributed by atoms with E-state index >= 15 is 0 Å². The van der Waals surface area contributed by atoms with E-state index in [0.29, 0.717) is 25.9 Å². The molecule has 0 aliphatic carbocycles. The van der Waals surface area contributed by atoms with Crippen molar-refractivity contribution < 1.29 is 24.5 Å². The molecule has 0 saturated carbocycles. The Morgan fingerprint density at radius 3 is 0.866 bits per heavy atom. The zero-order valence-electron chi connectivity index (χ0n) is 55.8. The van der Waals surface area contributed by atoms with Gasteiger partial charge in [0.15, 0.2) is 0 Å². The Morgan fingerprint density at radius 1 is 0.329 bits per heavy atom. The average molecular weight is 1160 g/mol. The summed E-state index contributed by atoms with van der Waals surface area (Å²) in [6.45, 7) is 4.99. The Labute approximate surface area is 513 Å². The highest BCUT2D eigenvalue weighted by Crippen LogP contribution is 2.19. The van der Waals surface area contributed by atoms with Crippen LogP contribution < -0.4 is 5.32 Å². The summed E-state index contributed by atoms with van der Waals surface area (Å²) in [6.07, 6.45) is 91.0. The molecule has 0 aromatic carbocycles. The van der Waals surface area contributed by atoms with E-state index in [4.69, 9.17) is 4.74 Å². The predicted molar refractivity (Wildman–Crippen MR) is 361 cm³/mol. The number of rotatable bonds is 71. The summed E-state index contributed by atoms with van der Waals surface area (Å²) < 4.78 is 5.50. The van der Waals surface area contributed by atoms with Gasteiger partial charge in [-0.25, -0.2) is 0 Å². The van der Waals surface area contributed by atoms with E-state index in [1.165, 1.54) is 347 Å². The van der Waals surface area contributed by atoms with E-state index in [2.05, 4.69) is 43.5 Å². The van der Waals surface area contributed by atoms with Crippen molar-refractivity contribution in [2.24, 2.45) is 0 Å². The summed E-state index contributed by atoms with van der Waals surface area (Å²) in [7, 11) is 0. The van der Waals surface area contributed by atoms with Crippen LogP contribution in [0.4, 0.5) is 0 Å². The Balaban J connectivity index is 3.39. The fourth-order valence-corrected chi connectivity index (χ4v) is 12.0. The Morgan fingerprint density at radius 2 is 0.573 bits per heavy atom. The summed E-state index contributed by atoms with van der Waals surface area (Å²) in [5.74, 6) is -0.0238. The highest BCUT2D eigenvalue weighted by Gasteiger charge is 2.20. The van der Waals surface area contributed by atoms with Gasteiger partial charge in [0, 0.05) is 12.8 Å². The first kappa shape index (κ1) is 80.3. The summed E-state index contributed by atoms with van der Waals surface area (Å²) >= 11 is 0. The number of ether oxygens (including phenoxy) is 1. The minimum atomic E-state index is -0.667. The molecule has 0 radical (unpaired) electrons. The highest BCUT2D eigenvalue weighted by atomic mass is 16.5. The smallest absolute Gasteiger partial charge is 0.305 e. The van der Waals surface area contributed by atoms with Gasteiger partial charge in [0.1, 0.15) is 0 Å². The lowest BCUT2D eigenvalue weighted by Gasteiger charge is -2.22. The lowest BCUT2D eigenvalue weighted by atomic mass is 10.0. The predicted octanol–water partition coefficient (Wildman–Crippen LogP) is 24.5. The van der Waals surface area contributed by atoms with Gasteiger partial charge < -0.3 is 20.3 Å². The Bertz CT molecular complexity index is 1280. The van der Waals surface area contributed by atoms with Crippen molar-refractivity contribution in [3.63, 3.8) is 0 Å². The number of hydrogen-bond acceptors (Lipinski definition) is 5. The number of unbranched alkanes of at least 4 members (excludes halogenated alkanes) is 56. The third-order valence-corrected chi connectivity index (χ3v) is 17.7. The van der Waals surface area contributed by atoms with E-state index in [1.807, 2.05) is 0 Å². The van der Waals surface area contributed by atoms with Crippen molar-refractivity contribution in [2.75, 3.05) is 13.2 Å². The van der Waals surface area contributed by atoms with Crippen LogP contribution in [0.5, 0.6) is 0 Å². The molecule has 0 heterocycles.